The number of anilines is 1. The number of rotatable bonds is 8. The van der Waals surface area contributed by atoms with Gasteiger partial charge in [-0.15, -0.1) is 0 Å². The van der Waals surface area contributed by atoms with E-state index in [0.717, 1.165) is 22.4 Å². The van der Waals surface area contributed by atoms with E-state index in [9.17, 15) is 14.7 Å². The van der Waals surface area contributed by atoms with E-state index < -0.39 is 5.97 Å². The van der Waals surface area contributed by atoms with Gasteiger partial charge in [-0.1, -0.05) is 17.7 Å². The Morgan fingerprint density at radius 1 is 1.10 bits per heavy atom. The predicted octanol–water partition coefficient (Wildman–Crippen LogP) is 1.55. The summed E-state index contributed by atoms with van der Waals surface area (Å²) in [6.45, 7) is 5.97. The molecule has 0 aliphatic rings. The fourth-order valence-electron chi connectivity index (χ4n) is 3.10. The molecule has 0 spiro atoms. The number of benzene rings is 2. The molecule has 0 bridgehead atoms. The van der Waals surface area contributed by atoms with Crippen molar-refractivity contribution in [2.45, 2.75) is 20.8 Å². The molecule has 154 valence electrons. The molecule has 0 atom stereocenters. The number of carboxylic acids is 1. The molecule has 2 aromatic rings. The fraction of sp³-hybridized carbons (Fsp3) is 0.286. The Balaban J connectivity index is 2.08. The van der Waals surface area contributed by atoms with Gasteiger partial charge in [0.2, 0.25) is 0 Å². The maximum absolute atomic E-state index is 12.1. The largest absolute Gasteiger partial charge is 0.545 e. The molecular formula is C21H24N3O5-. The first kappa shape index (κ1) is 21.7. The molecular weight excluding hydrogens is 374 g/mol. The molecule has 8 heteroatoms. The fourth-order valence-corrected chi connectivity index (χ4v) is 3.10. The Kier molecular flexibility index (Phi) is 7.19. The lowest BCUT2D eigenvalue weighted by atomic mass is 10.1. The molecule has 0 radical (unpaired) electrons. The molecule has 0 saturated heterocycles. The van der Waals surface area contributed by atoms with E-state index in [1.165, 1.54) is 26.5 Å². The minimum Gasteiger partial charge on any atom is -0.545 e. The van der Waals surface area contributed by atoms with Crippen LogP contribution < -0.4 is 25.3 Å². The van der Waals surface area contributed by atoms with Crippen molar-refractivity contribution in [3.63, 3.8) is 0 Å². The van der Waals surface area contributed by atoms with Crippen molar-refractivity contribution in [2.75, 3.05) is 26.1 Å². The number of aromatic carboxylic acids is 1. The van der Waals surface area contributed by atoms with Gasteiger partial charge < -0.3 is 24.7 Å². The van der Waals surface area contributed by atoms with E-state index in [-0.39, 0.29) is 35.1 Å². The van der Waals surface area contributed by atoms with Crippen LogP contribution in [0.1, 0.15) is 32.6 Å². The van der Waals surface area contributed by atoms with Crippen LogP contribution in [0, 0.1) is 20.8 Å². The second kappa shape index (κ2) is 9.59. The summed E-state index contributed by atoms with van der Waals surface area (Å²) in [5.41, 5.74) is 6.50. The van der Waals surface area contributed by atoms with Crippen LogP contribution in [0.5, 0.6) is 11.5 Å². The first-order valence-corrected chi connectivity index (χ1v) is 8.88. The average Bonchev–Trinajstić information content (AvgIpc) is 2.66. The number of nitrogens with zero attached hydrogens (tertiary/aromatic N) is 1. The number of hydrazone groups is 1. The Morgan fingerprint density at radius 3 is 2.31 bits per heavy atom. The first-order valence-electron chi connectivity index (χ1n) is 8.88. The highest BCUT2D eigenvalue weighted by molar-refractivity contribution is 6.01. The normalized spacial score (nSPS) is 10.7. The van der Waals surface area contributed by atoms with Crippen LogP contribution in [0.3, 0.4) is 0 Å². The van der Waals surface area contributed by atoms with E-state index in [4.69, 9.17) is 9.47 Å². The first-order chi connectivity index (χ1) is 13.8. The van der Waals surface area contributed by atoms with Gasteiger partial charge in [0.1, 0.15) is 0 Å². The lowest BCUT2D eigenvalue weighted by Gasteiger charge is -2.15. The number of carboxylic acid groups (broad SMARTS) is 1. The molecule has 0 unspecified atom stereocenters. The molecule has 1 amide bonds. The minimum absolute atomic E-state index is 0.0152. The number of nitrogens with one attached hydrogen (secondary N) is 2. The number of hydrogen-bond donors (Lipinski definition) is 2. The van der Waals surface area contributed by atoms with Gasteiger partial charge in [0.15, 0.2) is 11.5 Å². The van der Waals surface area contributed by atoms with E-state index in [2.05, 4.69) is 15.8 Å². The zero-order valence-electron chi connectivity index (χ0n) is 17.1. The van der Waals surface area contributed by atoms with Crippen molar-refractivity contribution in [1.29, 1.82) is 0 Å². The van der Waals surface area contributed by atoms with E-state index >= 15 is 0 Å². The summed E-state index contributed by atoms with van der Waals surface area (Å²) in [5.74, 6) is -1.55. The molecule has 0 heterocycles. The summed E-state index contributed by atoms with van der Waals surface area (Å²) in [7, 11) is 2.73. The SMILES string of the molecule is COc1ccc(/C=N\NC(=O)CNc2c(C)cc(C)cc2C)c(C(=O)[O-])c1OC. The van der Waals surface area contributed by atoms with Crippen LogP contribution in [0.4, 0.5) is 5.69 Å². The number of carbonyl (C=O) groups is 2. The van der Waals surface area contributed by atoms with Crippen molar-refractivity contribution in [2.24, 2.45) is 5.10 Å². The zero-order chi connectivity index (χ0) is 21.6. The van der Waals surface area contributed by atoms with E-state index in [1.54, 1.807) is 6.07 Å². The second-order valence-corrected chi connectivity index (χ2v) is 6.47. The summed E-state index contributed by atoms with van der Waals surface area (Å²) in [6, 6.07) is 7.09. The van der Waals surface area contributed by atoms with Crippen LogP contribution in [-0.4, -0.2) is 38.9 Å². The minimum atomic E-state index is -1.44. The van der Waals surface area contributed by atoms with Gasteiger partial charge in [-0.3, -0.25) is 4.79 Å². The summed E-state index contributed by atoms with van der Waals surface area (Å²) in [4.78, 5) is 23.6. The lowest BCUT2D eigenvalue weighted by molar-refractivity contribution is -0.255. The quantitative estimate of drug-likeness (QED) is 0.515. The van der Waals surface area contributed by atoms with Crippen LogP contribution in [0.25, 0.3) is 0 Å². The highest BCUT2D eigenvalue weighted by Gasteiger charge is 2.15. The summed E-state index contributed by atoms with van der Waals surface area (Å²) in [6.07, 6.45) is 1.22. The summed E-state index contributed by atoms with van der Waals surface area (Å²) >= 11 is 0. The number of hydrogen-bond acceptors (Lipinski definition) is 7. The van der Waals surface area contributed by atoms with Gasteiger partial charge in [-0.2, -0.15) is 5.10 Å². The average molecular weight is 398 g/mol. The molecule has 0 saturated carbocycles. The highest BCUT2D eigenvalue weighted by Crippen LogP contribution is 2.32. The number of aryl methyl sites for hydroxylation is 3. The molecule has 2 aromatic carbocycles. The topological polar surface area (TPSA) is 112 Å². The second-order valence-electron chi connectivity index (χ2n) is 6.47. The molecule has 0 aliphatic heterocycles. The van der Waals surface area contributed by atoms with Crippen molar-refractivity contribution >= 4 is 23.8 Å². The Hall–Kier alpha value is -3.55. The molecule has 8 nitrogen and oxygen atoms in total. The Bertz CT molecular complexity index is 931. The molecule has 29 heavy (non-hydrogen) atoms. The molecule has 0 aromatic heterocycles. The number of methoxy groups -OCH3 is 2. The molecule has 0 fully saturated rings. The maximum Gasteiger partial charge on any atom is 0.259 e. The van der Waals surface area contributed by atoms with Crippen LogP contribution in [0.15, 0.2) is 29.4 Å². The van der Waals surface area contributed by atoms with Gasteiger partial charge in [-0.05, 0) is 44.0 Å². The molecule has 2 rings (SSSR count). The van der Waals surface area contributed by atoms with Crippen LogP contribution in [-0.2, 0) is 4.79 Å². The van der Waals surface area contributed by atoms with Gasteiger partial charge in [-0.25, -0.2) is 5.43 Å². The standard InChI is InChI=1S/C21H25N3O5/c1-12-8-13(2)19(14(3)9-12)22-11-17(25)24-23-10-15-6-7-16(28-4)20(29-5)18(15)21(26)27/h6-10,22H,11H2,1-5H3,(H,24,25)(H,26,27)/p-1/b23-10-. The van der Waals surface area contributed by atoms with Gasteiger partial charge in [0.25, 0.3) is 5.91 Å². The van der Waals surface area contributed by atoms with Crippen molar-refractivity contribution < 1.29 is 24.2 Å². The summed E-state index contributed by atoms with van der Waals surface area (Å²) < 4.78 is 10.2. The van der Waals surface area contributed by atoms with Crippen molar-refractivity contribution in [1.82, 2.24) is 5.43 Å². The Morgan fingerprint density at radius 2 is 1.76 bits per heavy atom. The van der Waals surface area contributed by atoms with Gasteiger partial charge in [0.05, 0.1) is 38.5 Å². The van der Waals surface area contributed by atoms with E-state index in [0.29, 0.717) is 0 Å². The van der Waals surface area contributed by atoms with Crippen LogP contribution >= 0.6 is 0 Å². The monoisotopic (exact) mass is 398 g/mol. The number of carbonyl (C=O) groups excluding carboxylic acids is 2. The van der Waals surface area contributed by atoms with E-state index in [1.807, 2.05) is 32.9 Å². The molecule has 0 aliphatic carbocycles. The number of amides is 1. The third-order valence-corrected chi connectivity index (χ3v) is 4.28. The smallest absolute Gasteiger partial charge is 0.259 e. The lowest BCUT2D eigenvalue weighted by Crippen LogP contribution is -2.27. The third kappa shape index (κ3) is 5.25. The Labute approximate surface area is 169 Å². The highest BCUT2D eigenvalue weighted by atomic mass is 16.5. The van der Waals surface area contributed by atoms with Crippen molar-refractivity contribution in [3.05, 3.63) is 52.1 Å². The van der Waals surface area contributed by atoms with Crippen LogP contribution in [0.2, 0.25) is 0 Å². The van der Waals surface area contributed by atoms with Crippen molar-refractivity contribution in [3.8, 4) is 11.5 Å². The predicted molar refractivity (Wildman–Crippen MR) is 109 cm³/mol. The number of ether oxygens (including phenoxy) is 2. The summed E-state index contributed by atoms with van der Waals surface area (Å²) in [5, 5.41) is 18.4. The van der Waals surface area contributed by atoms with Gasteiger partial charge >= 0.3 is 0 Å². The van der Waals surface area contributed by atoms with Gasteiger partial charge in [0, 0.05) is 11.3 Å². The zero-order valence-corrected chi connectivity index (χ0v) is 17.1. The molecule has 2 N–H and O–H groups in total. The maximum atomic E-state index is 12.1. The third-order valence-electron chi connectivity index (χ3n) is 4.28.